The Bertz CT molecular complexity index is 506. The number of anilines is 1. The molecule has 1 aromatic rings. The predicted molar refractivity (Wildman–Crippen MR) is 57.1 cm³/mol. The monoisotopic (exact) mass is 258 g/mol. The van der Waals surface area contributed by atoms with Crippen molar-refractivity contribution in [1.82, 2.24) is 0 Å². The first kappa shape index (κ1) is 13.8. The number of benzene rings is 1. The van der Waals surface area contributed by atoms with Gasteiger partial charge in [-0.3, -0.25) is 4.79 Å². The van der Waals surface area contributed by atoms with Crippen LogP contribution in [-0.2, 0) is 11.0 Å². The van der Waals surface area contributed by atoms with Crippen molar-refractivity contribution < 1.29 is 23.1 Å². The number of alkyl halides is 3. The Hall–Kier alpha value is -2.23. The Morgan fingerprint density at radius 2 is 2.11 bits per heavy atom. The zero-order chi connectivity index (χ0) is 13.9. The summed E-state index contributed by atoms with van der Waals surface area (Å²) in [7, 11) is 1.39. The highest BCUT2D eigenvalue weighted by atomic mass is 19.4. The molecule has 0 bridgehead atoms. The molecule has 0 saturated carbocycles. The second-order valence-corrected chi connectivity index (χ2v) is 3.59. The minimum absolute atomic E-state index is 0.146. The maximum Gasteiger partial charge on any atom is 0.416 e. The van der Waals surface area contributed by atoms with Crippen LogP contribution in [0.4, 0.5) is 18.9 Å². The quantitative estimate of drug-likeness (QED) is 0.901. The van der Waals surface area contributed by atoms with Crippen LogP contribution in [0.2, 0.25) is 0 Å². The lowest BCUT2D eigenvalue weighted by Crippen LogP contribution is -2.26. The van der Waals surface area contributed by atoms with Gasteiger partial charge in [-0.1, -0.05) is 0 Å². The van der Waals surface area contributed by atoms with Gasteiger partial charge >= 0.3 is 12.1 Å². The first-order valence-electron chi connectivity index (χ1n) is 4.80. The smallest absolute Gasteiger partial charge is 0.416 e. The number of carboxylic acids is 1. The third kappa shape index (κ3) is 3.13. The summed E-state index contributed by atoms with van der Waals surface area (Å²) in [6.45, 7) is -0.403. The van der Waals surface area contributed by atoms with E-state index < -0.39 is 24.3 Å². The van der Waals surface area contributed by atoms with Crippen LogP contribution in [0.1, 0.15) is 11.1 Å². The summed E-state index contributed by atoms with van der Waals surface area (Å²) in [5.41, 5.74) is -1.01. The Morgan fingerprint density at radius 1 is 1.50 bits per heavy atom. The molecule has 18 heavy (non-hydrogen) atoms. The number of halogens is 3. The highest BCUT2D eigenvalue weighted by Gasteiger charge is 2.31. The maximum atomic E-state index is 12.4. The number of carbonyl (C=O) groups is 1. The molecule has 0 amide bonds. The molecule has 1 N–H and O–H groups in total. The molecule has 0 atom stereocenters. The van der Waals surface area contributed by atoms with Crippen molar-refractivity contribution in [3.8, 4) is 6.07 Å². The van der Waals surface area contributed by atoms with Gasteiger partial charge in [-0.2, -0.15) is 18.4 Å². The SMILES string of the molecule is CN(CC(=O)O)c1ccc(C(F)(F)F)cc1C#N. The summed E-state index contributed by atoms with van der Waals surface area (Å²) in [4.78, 5) is 11.7. The van der Waals surface area contributed by atoms with Crippen LogP contribution >= 0.6 is 0 Å². The van der Waals surface area contributed by atoms with E-state index in [0.29, 0.717) is 6.07 Å². The van der Waals surface area contributed by atoms with Crippen molar-refractivity contribution in [3.63, 3.8) is 0 Å². The molecule has 96 valence electrons. The van der Waals surface area contributed by atoms with Crippen molar-refractivity contribution in [2.75, 3.05) is 18.5 Å². The van der Waals surface area contributed by atoms with E-state index in [1.54, 1.807) is 6.07 Å². The summed E-state index contributed by atoms with van der Waals surface area (Å²) in [5.74, 6) is -1.14. The van der Waals surface area contributed by atoms with Gasteiger partial charge in [0.25, 0.3) is 0 Å². The van der Waals surface area contributed by atoms with Gasteiger partial charge in [0.2, 0.25) is 0 Å². The second kappa shape index (κ2) is 4.96. The maximum absolute atomic E-state index is 12.4. The van der Waals surface area contributed by atoms with E-state index in [1.165, 1.54) is 11.9 Å². The Morgan fingerprint density at radius 3 is 2.56 bits per heavy atom. The van der Waals surface area contributed by atoms with E-state index in [9.17, 15) is 18.0 Å². The number of carboxylic acid groups (broad SMARTS) is 1. The van der Waals surface area contributed by atoms with Crippen LogP contribution in [0.3, 0.4) is 0 Å². The Labute approximate surface area is 101 Å². The van der Waals surface area contributed by atoms with Gasteiger partial charge in [-0.05, 0) is 18.2 Å². The largest absolute Gasteiger partial charge is 0.480 e. The van der Waals surface area contributed by atoms with E-state index in [4.69, 9.17) is 10.4 Å². The zero-order valence-electron chi connectivity index (χ0n) is 9.32. The molecule has 0 aliphatic rings. The lowest BCUT2D eigenvalue weighted by Gasteiger charge is -2.19. The van der Waals surface area contributed by atoms with E-state index in [2.05, 4.69) is 0 Å². The fourth-order valence-electron chi connectivity index (χ4n) is 1.42. The average molecular weight is 258 g/mol. The molecule has 1 aromatic carbocycles. The third-order valence-corrected chi connectivity index (χ3v) is 2.23. The predicted octanol–water partition coefficient (Wildman–Crippen LogP) is 2.10. The van der Waals surface area contributed by atoms with Gasteiger partial charge in [-0.25, -0.2) is 0 Å². The normalized spacial score (nSPS) is 10.8. The van der Waals surface area contributed by atoms with Gasteiger partial charge in [0, 0.05) is 7.05 Å². The molecule has 0 aliphatic carbocycles. The first-order chi connectivity index (χ1) is 8.25. The van der Waals surface area contributed by atoms with Crippen molar-refractivity contribution in [2.45, 2.75) is 6.18 Å². The van der Waals surface area contributed by atoms with E-state index in [1.807, 2.05) is 0 Å². The summed E-state index contributed by atoms with van der Waals surface area (Å²) in [5, 5.41) is 17.4. The number of hydrogen-bond acceptors (Lipinski definition) is 3. The highest BCUT2D eigenvalue weighted by Crippen LogP contribution is 2.32. The van der Waals surface area contributed by atoms with Gasteiger partial charge in [0.1, 0.15) is 12.6 Å². The lowest BCUT2D eigenvalue weighted by atomic mass is 10.1. The molecule has 7 heteroatoms. The van der Waals surface area contributed by atoms with E-state index in [0.717, 1.165) is 12.1 Å². The minimum Gasteiger partial charge on any atom is -0.480 e. The van der Waals surface area contributed by atoms with Crippen LogP contribution in [0.25, 0.3) is 0 Å². The Balaban J connectivity index is 3.17. The van der Waals surface area contributed by atoms with Crippen LogP contribution in [-0.4, -0.2) is 24.7 Å². The number of likely N-dealkylation sites (N-methyl/N-ethyl adjacent to an activating group) is 1. The number of aliphatic carboxylic acids is 1. The van der Waals surface area contributed by atoms with Crippen molar-refractivity contribution in [1.29, 1.82) is 5.26 Å². The van der Waals surface area contributed by atoms with E-state index in [-0.39, 0.29) is 11.3 Å². The molecule has 4 nitrogen and oxygen atoms in total. The van der Waals surface area contributed by atoms with Crippen LogP contribution in [0, 0.1) is 11.3 Å². The van der Waals surface area contributed by atoms with Gasteiger partial charge in [0.05, 0.1) is 16.8 Å². The average Bonchev–Trinajstić information content (AvgIpc) is 2.26. The molecular weight excluding hydrogens is 249 g/mol. The molecule has 0 spiro atoms. The van der Waals surface area contributed by atoms with Crippen molar-refractivity contribution >= 4 is 11.7 Å². The number of nitrogens with zero attached hydrogens (tertiary/aromatic N) is 2. The highest BCUT2D eigenvalue weighted by molar-refractivity contribution is 5.75. The van der Waals surface area contributed by atoms with E-state index >= 15 is 0 Å². The lowest BCUT2D eigenvalue weighted by molar-refractivity contribution is -0.138. The van der Waals surface area contributed by atoms with Crippen LogP contribution < -0.4 is 4.90 Å². The summed E-state index contributed by atoms with van der Waals surface area (Å²) >= 11 is 0. The van der Waals surface area contributed by atoms with Crippen LogP contribution in [0.5, 0.6) is 0 Å². The fraction of sp³-hybridized carbons (Fsp3) is 0.273. The third-order valence-electron chi connectivity index (χ3n) is 2.23. The Kier molecular flexibility index (Phi) is 3.81. The molecule has 0 heterocycles. The van der Waals surface area contributed by atoms with Gasteiger partial charge in [0.15, 0.2) is 0 Å². The fourth-order valence-corrected chi connectivity index (χ4v) is 1.42. The summed E-state index contributed by atoms with van der Waals surface area (Å²) in [6.07, 6.45) is -4.53. The molecule has 0 fully saturated rings. The number of hydrogen-bond donors (Lipinski definition) is 1. The molecule has 0 saturated heterocycles. The van der Waals surface area contributed by atoms with Gasteiger partial charge < -0.3 is 10.0 Å². The number of nitriles is 1. The van der Waals surface area contributed by atoms with Crippen molar-refractivity contribution in [2.24, 2.45) is 0 Å². The molecule has 1 rings (SSSR count). The molecule has 0 aliphatic heterocycles. The van der Waals surface area contributed by atoms with Crippen LogP contribution in [0.15, 0.2) is 18.2 Å². The first-order valence-corrected chi connectivity index (χ1v) is 4.80. The number of rotatable bonds is 3. The molecule has 0 aromatic heterocycles. The zero-order valence-corrected chi connectivity index (χ0v) is 9.32. The minimum atomic E-state index is -4.53. The van der Waals surface area contributed by atoms with Gasteiger partial charge in [-0.15, -0.1) is 0 Å². The topological polar surface area (TPSA) is 64.3 Å². The summed E-state index contributed by atoms with van der Waals surface area (Å²) < 4.78 is 37.3. The second-order valence-electron chi connectivity index (χ2n) is 3.59. The molecule has 0 radical (unpaired) electrons. The molecular formula is C11H9F3N2O2. The standard InChI is InChI=1S/C11H9F3N2O2/c1-16(6-10(17)18)9-3-2-8(11(12,13)14)4-7(9)5-15/h2-4H,6H2,1H3,(H,17,18). The summed E-state index contributed by atoms with van der Waals surface area (Å²) in [6, 6.07) is 4.23. The molecule has 0 unspecified atom stereocenters. The van der Waals surface area contributed by atoms with Crippen molar-refractivity contribution in [3.05, 3.63) is 29.3 Å².